The molecule has 6 heteroatoms. The summed E-state index contributed by atoms with van der Waals surface area (Å²) in [6, 6.07) is 9.18. The lowest BCUT2D eigenvalue weighted by Crippen LogP contribution is -2.20. The van der Waals surface area contributed by atoms with E-state index in [0.29, 0.717) is 16.5 Å². The number of ether oxygens (including phenoxy) is 1. The molecular weight excluding hydrogens is 433 g/mol. The number of carbonyl (C=O) groups excluding carboxylic acids is 1. The van der Waals surface area contributed by atoms with Crippen LogP contribution in [0.3, 0.4) is 0 Å². The summed E-state index contributed by atoms with van der Waals surface area (Å²) in [6.45, 7) is 3.75. The maximum Gasteiger partial charge on any atom is 0.262 e. The van der Waals surface area contributed by atoms with Crippen molar-refractivity contribution in [2.24, 2.45) is 0 Å². The highest BCUT2D eigenvalue weighted by Gasteiger charge is 2.10. The van der Waals surface area contributed by atoms with Gasteiger partial charge in [0, 0.05) is 15.2 Å². The van der Waals surface area contributed by atoms with E-state index < -0.39 is 0 Å². The number of nitrogens with one attached hydrogen (secondary N) is 1. The Morgan fingerprint density at radius 3 is 2.55 bits per heavy atom. The minimum absolute atomic E-state index is 0.0768. The van der Waals surface area contributed by atoms with E-state index >= 15 is 0 Å². The Hall–Kier alpha value is -1.04. The van der Waals surface area contributed by atoms with Crippen LogP contribution in [0.5, 0.6) is 5.75 Å². The van der Waals surface area contributed by atoms with E-state index in [2.05, 4.69) is 37.2 Å². The van der Waals surface area contributed by atoms with Crippen LogP contribution in [0.25, 0.3) is 0 Å². The lowest BCUT2D eigenvalue weighted by Gasteiger charge is -2.12. The van der Waals surface area contributed by atoms with Crippen LogP contribution in [0.4, 0.5) is 5.69 Å². The second-order valence-electron chi connectivity index (χ2n) is 4.83. The highest BCUT2D eigenvalue weighted by molar-refractivity contribution is 9.11. The van der Waals surface area contributed by atoms with Crippen LogP contribution in [0.1, 0.15) is 11.1 Å². The number of hydrogen-bond donors (Lipinski definition) is 1. The average molecular weight is 448 g/mol. The Bertz CT molecular complexity index is 696. The van der Waals surface area contributed by atoms with Gasteiger partial charge in [-0.05, 0) is 65.2 Å². The minimum atomic E-state index is -0.242. The van der Waals surface area contributed by atoms with Crippen molar-refractivity contribution in [3.05, 3.63) is 55.4 Å². The van der Waals surface area contributed by atoms with Crippen molar-refractivity contribution < 1.29 is 9.53 Å². The summed E-state index contributed by atoms with van der Waals surface area (Å²) in [7, 11) is 0. The zero-order valence-electron chi connectivity index (χ0n) is 12.0. The molecule has 1 N–H and O–H groups in total. The molecule has 0 saturated carbocycles. The Balaban J connectivity index is 2.00. The molecule has 0 aliphatic rings. The minimum Gasteiger partial charge on any atom is -0.482 e. The first kappa shape index (κ1) is 17.3. The Labute approximate surface area is 151 Å². The molecular formula is C16H14Br2ClNO2. The Morgan fingerprint density at radius 2 is 1.91 bits per heavy atom. The predicted molar refractivity (Wildman–Crippen MR) is 96.9 cm³/mol. The zero-order chi connectivity index (χ0) is 16.3. The molecule has 0 aromatic heterocycles. The summed E-state index contributed by atoms with van der Waals surface area (Å²) in [5.74, 6) is 0.412. The van der Waals surface area contributed by atoms with Crippen LogP contribution < -0.4 is 10.1 Å². The fraction of sp³-hybridized carbons (Fsp3) is 0.188. The molecule has 0 aliphatic heterocycles. The van der Waals surface area contributed by atoms with Crippen molar-refractivity contribution >= 4 is 55.1 Å². The molecule has 2 rings (SSSR count). The first-order chi connectivity index (χ1) is 10.4. The van der Waals surface area contributed by atoms with E-state index in [1.54, 1.807) is 12.1 Å². The molecule has 0 bridgehead atoms. The van der Waals surface area contributed by atoms with Crippen molar-refractivity contribution in [2.45, 2.75) is 13.8 Å². The molecule has 2 aromatic rings. The smallest absolute Gasteiger partial charge is 0.262 e. The largest absolute Gasteiger partial charge is 0.482 e. The molecule has 3 nitrogen and oxygen atoms in total. The molecule has 0 atom stereocenters. The maximum atomic E-state index is 12.0. The molecule has 0 unspecified atom stereocenters. The van der Waals surface area contributed by atoms with Crippen LogP contribution in [0.15, 0.2) is 39.3 Å². The number of aryl methyl sites for hydroxylation is 2. The number of benzene rings is 2. The third-order valence-electron chi connectivity index (χ3n) is 3.00. The summed E-state index contributed by atoms with van der Waals surface area (Å²) in [5.41, 5.74) is 2.55. The van der Waals surface area contributed by atoms with Crippen molar-refractivity contribution in [3.63, 3.8) is 0 Å². The quantitative estimate of drug-likeness (QED) is 0.672. The topological polar surface area (TPSA) is 38.3 Å². The van der Waals surface area contributed by atoms with Crippen molar-refractivity contribution in [3.8, 4) is 5.75 Å². The van der Waals surface area contributed by atoms with E-state index in [1.807, 2.05) is 32.0 Å². The molecule has 116 valence electrons. The molecule has 0 spiro atoms. The predicted octanol–water partition coefficient (Wildman–Crippen LogP) is 5.50. The number of rotatable bonds is 4. The second-order valence-corrected chi connectivity index (χ2v) is 7.01. The normalized spacial score (nSPS) is 10.4. The first-order valence-corrected chi connectivity index (χ1v) is 8.47. The fourth-order valence-electron chi connectivity index (χ4n) is 1.88. The van der Waals surface area contributed by atoms with Crippen LogP contribution in [0.2, 0.25) is 5.02 Å². The van der Waals surface area contributed by atoms with Gasteiger partial charge in [0.25, 0.3) is 5.91 Å². The van der Waals surface area contributed by atoms with Gasteiger partial charge in [0.05, 0.1) is 4.47 Å². The molecule has 0 heterocycles. The highest BCUT2D eigenvalue weighted by Crippen LogP contribution is 2.32. The van der Waals surface area contributed by atoms with Crippen LogP contribution in [-0.2, 0) is 4.79 Å². The maximum absolute atomic E-state index is 12.0. The molecule has 0 fully saturated rings. The van der Waals surface area contributed by atoms with Gasteiger partial charge in [0.2, 0.25) is 0 Å². The fourth-order valence-corrected chi connectivity index (χ4v) is 3.61. The third kappa shape index (κ3) is 4.48. The number of amides is 1. The van der Waals surface area contributed by atoms with Gasteiger partial charge in [-0.25, -0.2) is 0 Å². The Morgan fingerprint density at radius 1 is 1.18 bits per heavy atom. The van der Waals surface area contributed by atoms with Gasteiger partial charge < -0.3 is 10.1 Å². The number of halogens is 3. The summed E-state index contributed by atoms with van der Waals surface area (Å²) >= 11 is 12.9. The van der Waals surface area contributed by atoms with Gasteiger partial charge in [-0.15, -0.1) is 0 Å². The summed E-state index contributed by atoms with van der Waals surface area (Å²) in [4.78, 5) is 12.0. The third-order valence-corrected chi connectivity index (χ3v) is 4.45. The number of carbonyl (C=O) groups is 1. The van der Waals surface area contributed by atoms with Gasteiger partial charge in [-0.1, -0.05) is 33.6 Å². The van der Waals surface area contributed by atoms with Gasteiger partial charge >= 0.3 is 0 Å². The lowest BCUT2D eigenvalue weighted by molar-refractivity contribution is -0.118. The zero-order valence-corrected chi connectivity index (χ0v) is 16.0. The van der Waals surface area contributed by atoms with E-state index in [9.17, 15) is 4.79 Å². The van der Waals surface area contributed by atoms with Crippen molar-refractivity contribution in [1.82, 2.24) is 0 Å². The van der Waals surface area contributed by atoms with E-state index in [-0.39, 0.29) is 12.5 Å². The highest BCUT2D eigenvalue weighted by atomic mass is 79.9. The molecule has 0 saturated heterocycles. The molecule has 22 heavy (non-hydrogen) atoms. The monoisotopic (exact) mass is 445 g/mol. The molecule has 0 aliphatic carbocycles. The van der Waals surface area contributed by atoms with Gasteiger partial charge in [0.1, 0.15) is 5.75 Å². The SMILES string of the molecule is Cc1ccc(NC(=O)COc2c(C)cc(Br)cc2Br)cc1Cl. The summed E-state index contributed by atoms with van der Waals surface area (Å²) in [6.07, 6.45) is 0. The second kappa shape index (κ2) is 7.49. The van der Waals surface area contributed by atoms with Gasteiger partial charge in [0.15, 0.2) is 6.61 Å². The van der Waals surface area contributed by atoms with Crippen LogP contribution in [-0.4, -0.2) is 12.5 Å². The van der Waals surface area contributed by atoms with Gasteiger partial charge in [-0.3, -0.25) is 4.79 Å². The van der Waals surface area contributed by atoms with Crippen molar-refractivity contribution in [2.75, 3.05) is 11.9 Å². The first-order valence-electron chi connectivity index (χ1n) is 6.51. The molecule has 2 aromatic carbocycles. The number of anilines is 1. The number of hydrogen-bond acceptors (Lipinski definition) is 2. The summed E-state index contributed by atoms with van der Waals surface area (Å²) < 4.78 is 7.34. The molecule has 0 radical (unpaired) electrons. The van der Waals surface area contributed by atoms with Crippen LogP contribution in [0, 0.1) is 13.8 Å². The van der Waals surface area contributed by atoms with Crippen LogP contribution >= 0.6 is 43.5 Å². The van der Waals surface area contributed by atoms with E-state index in [0.717, 1.165) is 20.1 Å². The van der Waals surface area contributed by atoms with Gasteiger partial charge in [-0.2, -0.15) is 0 Å². The van der Waals surface area contributed by atoms with E-state index in [4.69, 9.17) is 16.3 Å². The molecule has 1 amide bonds. The van der Waals surface area contributed by atoms with E-state index in [1.165, 1.54) is 0 Å². The summed E-state index contributed by atoms with van der Waals surface area (Å²) in [5, 5.41) is 3.37. The standard InChI is InChI=1S/C16H14Br2ClNO2/c1-9-3-4-12(7-14(9)19)20-15(21)8-22-16-10(2)5-11(17)6-13(16)18/h3-7H,8H2,1-2H3,(H,20,21). The Kier molecular flexibility index (Phi) is 5.89. The average Bonchev–Trinajstić information content (AvgIpc) is 2.41. The lowest BCUT2D eigenvalue weighted by atomic mass is 10.2. The van der Waals surface area contributed by atoms with Crippen molar-refractivity contribution in [1.29, 1.82) is 0 Å².